The van der Waals surface area contributed by atoms with Gasteiger partial charge in [-0.15, -0.1) is 0 Å². The van der Waals surface area contributed by atoms with E-state index >= 15 is 0 Å². The van der Waals surface area contributed by atoms with Crippen LogP contribution in [-0.4, -0.2) is 45.6 Å². The molecular formula is C20H30O7S. The lowest BCUT2D eigenvalue weighted by molar-refractivity contribution is -0.151. The summed E-state index contributed by atoms with van der Waals surface area (Å²) in [6.45, 7) is 8.28. The van der Waals surface area contributed by atoms with Crippen LogP contribution < -0.4 is 0 Å². The number of aliphatic carboxylic acids is 1. The number of hydrogen-bond acceptors (Lipinski definition) is 6. The van der Waals surface area contributed by atoms with Gasteiger partial charge in [-0.05, 0) is 50.2 Å². The summed E-state index contributed by atoms with van der Waals surface area (Å²) >= 11 is 0. The van der Waals surface area contributed by atoms with E-state index in [0.29, 0.717) is 19.4 Å². The minimum Gasteiger partial charge on any atom is -0.481 e. The van der Waals surface area contributed by atoms with E-state index < -0.39 is 22.4 Å². The lowest BCUT2D eigenvalue weighted by Gasteiger charge is -2.43. The van der Waals surface area contributed by atoms with Crippen LogP contribution in [0.3, 0.4) is 0 Å². The molecule has 1 N–H and O–H groups in total. The largest absolute Gasteiger partial charge is 0.481 e. The lowest BCUT2D eigenvalue weighted by Crippen LogP contribution is -2.42. The molecule has 1 aliphatic rings. The quantitative estimate of drug-likeness (QED) is 0.438. The first-order chi connectivity index (χ1) is 13.0. The van der Waals surface area contributed by atoms with Gasteiger partial charge < -0.3 is 14.6 Å². The molecule has 0 bridgehead atoms. The molecule has 2 rings (SSSR count). The molecule has 8 heteroatoms. The molecule has 0 aliphatic heterocycles. The molecule has 1 aromatic rings. The summed E-state index contributed by atoms with van der Waals surface area (Å²) in [5.74, 6) is -0.765. The molecule has 0 saturated heterocycles. The van der Waals surface area contributed by atoms with Crippen LogP contribution in [0.2, 0.25) is 0 Å². The number of rotatable bonds is 11. The van der Waals surface area contributed by atoms with Crippen molar-refractivity contribution in [1.82, 2.24) is 0 Å². The maximum Gasteiger partial charge on any atom is 0.306 e. The number of benzene rings is 1. The van der Waals surface area contributed by atoms with Crippen molar-refractivity contribution < 1.29 is 32.0 Å². The van der Waals surface area contributed by atoms with Gasteiger partial charge in [-0.1, -0.05) is 31.5 Å². The number of carboxylic acids is 1. The Bertz CT molecular complexity index is 749. The van der Waals surface area contributed by atoms with Gasteiger partial charge in [0.25, 0.3) is 10.1 Å². The average Bonchev–Trinajstić information content (AvgIpc) is 2.52. The van der Waals surface area contributed by atoms with Crippen LogP contribution in [0.25, 0.3) is 0 Å². The fourth-order valence-electron chi connectivity index (χ4n) is 3.18. The predicted molar refractivity (Wildman–Crippen MR) is 103 cm³/mol. The predicted octanol–water partition coefficient (Wildman–Crippen LogP) is 3.22. The Hall–Kier alpha value is -1.48. The molecule has 1 aromatic carbocycles. The summed E-state index contributed by atoms with van der Waals surface area (Å²) in [6, 6.07) is 6.39. The van der Waals surface area contributed by atoms with E-state index in [1.807, 2.05) is 20.8 Å². The third-order valence-corrected chi connectivity index (χ3v) is 6.53. The van der Waals surface area contributed by atoms with Crippen LogP contribution >= 0.6 is 0 Å². The summed E-state index contributed by atoms with van der Waals surface area (Å²) < 4.78 is 41.2. The van der Waals surface area contributed by atoms with Crippen LogP contribution in [0.4, 0.5) is 0 Å². The number of hydrogen-bond donors (Lipinski definition) is 1. The second-order valence-corrected chi connectivity index (χ2v) is 9.53. The van der Waals surface area contributed by atoms with Gasteiger partial charge in [0.05, 0.1) is 24.0 Å². The van der Waals surface area contributed by atoms with Crippen LogP contribution in [0.15, 0.2) is 29.2 Å². The van der Waals surface area contributed by atoms with Gasteiger partial charge in [-0.3, -0.25) is 4.79 Å². The van der Waals surface area contributed by atoms with Crippen molar-refractivity contribution in [1.29, 1.82) is 0 Å². The van der Waals surface area contributed by atoms with Crippen LogP contribution in [0.1, 0.15) is 39.2 Å². The third kappa shape index (κ3) is 6.01. The summed E-state index contributed by atoms with van der Waals surface area (Å²) in [4.78, 5) is 11.0. The molecule has 7 nitrogen and oxygen atoms in total. The van der Waals surface area contributed by atoms with E-state index in [2.05, 4.69) is 0 Å². The average molecular weight is 415 g/mol. The molecule has 0 spiro atoms. The summed E-state index contributed by atoms with van der Waals surface area (Å²) in [5.41, 5.74) is 0.741. The SMILES string of the molecule is CCOC(COCC(C)(C)C1CC(C(=O)O)C1)OS(=O)(=O)c1ccc(C)cc1. The Morgan fingerprint density at radius 3 is 2.39 bits per heavy atom. The van der Waals surface area contributed by atoms with Crippen molar-refractivity contribution in [3.63, 3.8) is 0 Å². The smallest absolute Gasteiger partial charge is 0.306 e. The molecule has 28 heavy (non-hydrogen) atoms. The molecule has 1 saturated carbocycles. The lowest BCUT2D eigenvalue weighted by atomic mass is 9.62. The Labute approximate surface area is 167 Å². The van der Waals surface area contributed by atoms with Crippen molar-refractivity contribution in [3.8, 4) is 0 Å². The maximum absolute atomic E-state index is 12.4. The molecule has 1 aliphatic carbocycles. The Morgan fingerprint density at radius 1 is 1.25 bits per heavy atom. The van der Waals surface area contributed by atoms with Crippen LogP contribution in [-0.2, 0) is 28.6 Å². The Balaban J connectivity index is 1.88. The second-order valence-electron chi connectivity index (χ2n) is 7.96. The zero-order valence-corrected chi connectivity index (χ0v) is 17.7. The van der Waals surface area contributed by atoms with E-state index in [0.717, 1.165) is 5.56 Å². The van der Waals surface area contributed by atoms with Crippen molar-refractivity contribution in [2.75, 3.05) is 19.8 Å². The fraction of sp³-hybridized carbons (Fsp3) is 0.650. The van der Waals surface area contributed by atoms with Crippen molar-refractivity contribution in [2.45, 2.75) is 51.7 Å². The highest BCUT2D eigenvalue weighted by Gasteiger charge is 2.43. The Morgan fingerprint density at radius 2 is 1.86 bits per heavy atom. The van der Waals surface area contributed by atoms with E-state index in [9.17, 15) is 13.2 Å². The van der Waals surface area contributed by atoms with Gasteiger partial charge in [0, 0.05) is 6.61 Å². The highest BCUT2D eigenvalue weighted by atomic mass is 32.2. The summed E-state index contributed by atoms with van der Waals surface area (Å²) in [6.07, 6.45) is 0.234. The zero-order chi connectivity index (χ0) is 20.9. The first-order valence-electron chi connectivity index (χ1n) is 9.47. The number of carboxylic acid groups (broad SMARTS) is 1. The first kappa shape index (κ1) is 22.8. The zero-order valence-electron chi connectivity index (χ0n) is 16.9. The van der Waals surface area contributed by atoms with Gasteiger partial charge in [0.15, 0.2) is 6.29 Å². The third-order valence-electron chi connectivity index (χ3n) is 5.22. The fourth-order valence-corrected chi connectivity index (χ4v) is 4.16. The van der Waals surface area contributed by atoms with E-state index in [1.54, 1.807) is 19.1 Å². The standard InChI is InChI=1S/C20H30O7S/c1-5-26-18(27-28(23,24)17-8-6-14(2)7-9-17)12-25-13-20(3,4)16-10-15(11-16)19(21)22/h6-9,15-16,18H,5,10-13H2,1-4H3,(H,21,22). The van der Waals surface area contributed by atoms with E-state index in [4.69, 9.17) is 18.8 Å². The van der Waals surface area contributed by atoms with Gasteiger partial charge in [-0.2, -0.15) is 8.42 Å². The number of ether oxygens (including phenoxy) is 2. The molecule has 0 heterocycles. The van der Waals surface area contributed by atoms with Gasteiger partial charge >= 0.3 is 5.97 Å². The Kier molecular flexibility index (Phi) is 7.61. The normalized spacial score (nSPS) is 21.1. The first-order valence-corrected chi connectivity index (χ1v) is 10.9. The van der Waals surface area contributed by atoms with Crippen molar-refractivity contribution in [3.05, 3.63) is 29.8 Å². The minimum atomic E-state index is -3.96. The molecule has 158 valence electrons. The molecule has 1 unspecified atom stereocenters. The highest BCUT2D eigenvalue weighted by molar-refractivity contribution is 7.86. The molecule has 0 radical (unpaired) electrons. The van der Waals surface area contributed by atoms with Crippen LogP contribution in [0.5, 0.6) is 0 Å². The number of carbonyl (C=O) groups is 1. The second kappa shape index (κ2) is 9.35. The minimum absolute atomic E-state index is 0.0303. The molecule has 1 atom stereocenters. The van der Waals surface area contributed by atoms with Crippen molar-refractivity contribution in [2.24, 2.45) is 17.3 Å². The maximum atomic E-state index is 12.4. The van der Waals surface area contributed by atoms with E-state index in [1.165, 1.54) is 12.1 Å². The van der Waals surface area contributed by atoms with Crippen LogP contribution in [0, 0.1) is 24.2 Å². The molecular weight excluding hydrogens is 384 g/mol. The van der Waals surface area contributed by atoms with Gasteiger partial charge in [0.1, 0.15) is 0 Å². The molecule has 1 fully saturated rings. The molecule has 0 amide bonds. The van der Waals surface area contributed by atoms with Crippen molar-refractivity contribution >= 4 is 16.1 Å². The van der Waals surface area contributed by atoms with Gasteiger partial charge in [0.2, 0.25) is 0 Å². The topological polar surface area (TPSA) is 99.1 Å². The summed E-state index contributed by atoms with van der Waals surface area (Å²) in [5, 5.41) is 9.02. The summed E-state index contributed by atoms with van der Waals surface area (Å²) in [7, 11) is -3.96. The number of aryl methyl sites for hydroxylation is 1. The molecule has 0 aromatic heterocycles. The monoisotopic (exact) mass is 414 g/mol. The van der Waals surface area contributed by atoms with E-state index in [-0.39, 0.29) is 35.4 Å². The highest BCUT2D eigenvalue weighted by Crippen LogP contribution is 2.45. The van der Waals surface area contributed by atoms with Gasteiger partial charge in [-0.25, -0.2) is 4.18 Å².